The summed E-state index contributed by atoms with van der Waals surface area (Å²) in [5, 5.41) is 11.1. The van der Waals surface area contributed by atoms with E-state index in [1.807, 2.05) is 6.07 Å². The Hall–Kier alpha value is -2.26. The summed E-state index contributed by atoms with van der Waals surface area (Å²) in [6.07, 6.45) is 0. The number of piperazine rings is 1. The molecule has 0 radical (unpaired) electrons. The van der Waals surface area contributed by atoms with Crippen molar-refractivity contribution in [1.29, 1.82) is 5.26 Å². The molecule has 0 saturated carbocycles. The van der Waals surface area contributed by atoms with E-state index >= 15 is 0 Å². The monoisotopic (exact) mass is 247 g/mol. The van der Waals surface area contributed by atoms with Crippen LogP contribution in [0.3, 0.4) is 0 Å². The van der Waals surface area contributed by atoms with Crippen molar-refractivity contribution in [2.24, 2.45) is 0 Å². The molecular formula is C12H10FN3O2. The number of carbonyl (C=O) groups excluding carboxylic acids is 2. The molecule has 0 spiro atoms. The van der Waals surface area contributed by atoms with E-state index in [0.29, 0.717) is 11.1 Å². The lowest BCUT2D eigenvalue weighted by Gasteiger charge is -2.25. The fourth-order valence-corrected chi connectivity index (χ4v) is 1.85. The van der Waals surface area contributed by atoms with Gasteiger partial charge >= 0.3 is 0 Å². The van der Waals surface area contributed by atoms with Crippen LogP contribution in [0.5, 0.6) is 0 Å². The molecule has 92 valence electrons. The van der Waals surface area contributed by atoms with Crippen LogP contribution in [0.1, 0.15) is 11.1 Å². The van der Waals surface area contributed by atoms with Gasteiger partial charge < -0.3 is 0 Å². The molecule has 1 aromatic rings. The average molecular weight is 247 g/mol. The SMILES string of the molecule is N#Cc1ccc(F)cc1CN1CC(=O)NC(=O)C1. The van der Waals surface area contributed by atoms with Gasteiger partial charge in [-0.05, 0) is 23.8 Å². The summed E-state index contributed by atoms with van der Waals surface area (Å²) in [7, 11) is 0. The Morgan fingerprint density at radius 2 is 2.00 bits per heavy atom. The summed E-state index contributed by atoms with van der Waals surface area (Å²) in [5.74, 6) is -1.22. The number of hydrogen-bond donors (Lipinski definition) is 1. The Bertz CT molecular complexity index is 535. The molecule has 0 bridgehead atoms. The number of rotatable bonds is 2. The fraction of sp³-hybridized carbons (Fsp3) is 0.250. The van der Waals surface area contributed by atoms with E-state index in [2.05, 4.69) is 5.32 Å². The summed E-state index contributed by atoms with van der Waals surface area (Å²) < 4.78 is 13.1. The first-order valence-electron chi connectivity index (χ1n) is 5.32. The van der Waals surface area contributed by atoms with Gasteiger partial charge in [-0.1, -0.05) is 0 Å². The normalized spacial score (nSPS) is 16.2. The van der Waals surface area contributed by atoms with Crippen molar-refractivity contribution in [3.8, 4) is 6.07 Å². The summed E-state index contributed by atoms with van der Waals surface area (Å²) in [4.78, 5) is 23.9. The first-order chi connectivity index (χ1) is 8.58. The van der Waals surface area contributed by atoms with Gasteiger partial charge in [-0.25, -0.2) is 4.39 Å². The predicted octanol–water partition coefficient (Wildman–Crippen LogP) is 0.156. The molecule has 1 heterocycles. The van der Waals surface area contributed by atoms with Gasteiger partial charge in [0.25, 0.3) is 0 Å². The second kappa shape index (κ2) is 4.94. The Balaban J connectivity index is 2.18. The third-order valence-corrected chi connectivity index (χ3v) is 2.59. The van der Waals surface area contributed by atoms with Crippen molar-refractivity contribution in [2.45, 2.75) is 6.54 Å². The van der Waals surface area contributed by atoms with Gasteiger partial charge in [0.15, 0.2) is 0 Å². The standard InChI is InChI=1S/C12H10FN3O2/c13-10-2-1-8(4-14)9(3-10)5-16-6-11(17)15-12(18)7-16/h1-3H,5-7H2,(H,15,17,18). The number of nitrogens with zero attached hydrogens (tertiary/aromatic N) is 2. The van der Waals surface area contributed by atoms with Gasteiger partial charge in [0.2, 0.25) is 11.8 Å². The minimum atomic E-state index is -0.447. The van der Waals surface area contributed by atoms with Crippen LogP contribution in [0.2, 0.25) is 0 Å². The molecule has 0 aliphatic carbocycles. The molecule has 1 aliphatic rings. The summed E-state index contributed by atoms with van der Waals surface area (Å²) in [6, 6.07) is 5.79. The molecule has 0 unspecified atom stereocenters. The molecule has 1 N–H and O–H groups in total. The van der Waals surface area contributed by atoms with Crippen LogP contribution in [0, 0.1) is 17.1 Å². The van der Waals surface area contributed by atoms with Crippen LogP contribution >= 0.6 is 0 Å². The van der Waals surface area contributed by atoms with E-state index < -0.39 is 5.82 Å². The van der Waals surface area contributed by atoms with Crippen molar-refractivity contribution in [3.63, 3.8) is 0 Å². The number of nitrogens with one attached hydrogen (secondary N) is 1. The second-order valence-electron chi connectivity index (χ2n) is 4.03. The molecular weight excluding hydrogens is 237 g/mol. The number of carbonyl (C=O) groups is 2. The van der Waals surface area contributed by atoms with Crippen LogP contribution in [0.15, 0.2) is 18.2 Å². The molecule has 1 aromatic carbocycles. The smallest absolute Gasteiger partial charge is 0.240 e. The van der Waals surface area contributed by atoms with Crippen molar-refractivity contribution in [2.75, 3.05) is 13.1 Å². The molecule has 1 saturated heterocycles. The Morgan fingerprint density at radius 1 is 1.33 bits per heavy atom. The second-order valence-corrected chi connectivity index (χ2v) is 4.03. The van der Waals surface area contributed by atoms with Crippen LogP contribution in [0.4, 0.5) is 4.39 Å². The summed E-state index contributed by atoms with van der Waals surface area (Å²) in [6.45, 7) is 0.320. The lowest BCUT2D eigenvalue weighted by molar-refractivity contribution is -0.136. The number of halogens is 1. The van der Waals surface area contributed by atoms with E-state index in [1.54, 1.807) is 4.90 Å². The number of hydrogen-bond acceptors (Lipinski definition) is 4. The first-order valence-corrected chi connectivity index (χ1v) is 5.32. The molecule has 1 fully saturated rings. The number of nitriles is 1. The highest BCUT2D eigenvalue weighted by Crippen LogP contribution is 2.13. The number of amides is 2. The molecule has 1 aliphatic heterocycles. The van der Waals surface area contributed by atoms with Crippen molar-refractivity contribution in [1.82, 2.24) is 10.2 Å². The topological polar surface area (TPSA) is 73.2 Å². The molecule has 2 rings (SSSR count). The Morgan fingerprint density at radius 3 is 2.61 bits per heavy atom. The van der Waals surface area contributed by atoms with E-state index in [4.69, 9.17) is 5.26 Å². The lowest BCUT2D eigenvalue weighted by atomic mass is 10.1. The molecule has 6 heteroatoms. The van der Waals surface area contributed by atoms with Crippen molar-refractivity contribution in [3.05, 3.63) is 35.1 Å². The maximum Gasteiger partial charge on any atom is 0.240 e. The minimum absolute atomic E-state index is 0.0626. The summed E-state index contributed by atoms with van der Waals surface area (Å²) >= 11 is 0. The highest BCUT2D eigenvalue weighted by atomic mass is 19.1. The van der Waals surface area contributed by atoms with E-state index in [9.17, 15) is 14.0 Å². The van der Waals surface area contributed by atoms with Crippen molar-refractivity contribution >= 4 is 11.8 Å². The van der Waals surface area contributed by atoms with Gasteiger partial charge in [0, 0.05) is 6.54 Å². The molecule has 5 nitrogen and oxygen atoms in total. The molecule has 18 heavy (non-hydrogen) atoms. The van der Waals surface area contributed by atoms with Crippen LogP contribution in [-0.2, 0) is 16.1 Å². The van der Waals surface area contributed by atoms with Gasteiger partial charge in [-0.2, -0.15) is 5.26 Å². The van der Waals surface area contributed by atoms with Gasteiger partial charge in [0.05, 0.1) is 24.7 Å². The van der Waals surface area contributed by atoms with Crippen LogP contribution in [0.25, 0.3) is 0 Å². The lowest BCUT2D eigenvalue weighted by Crippen LogP contribution is -2.50. The zero-order valence-electron chi connectivity index (χ0n) is 9.44. The molecule has 0 aromatic heterocycles. The third-order valence-electron chi connectivity index (χ3n) is 2.59. The maximum absolute atomic E-state index is 13.1. The first kappa shape index (κ1) is 12.2. The summed E-state index contributed by atoms with van der Waals surface area (Å²) in [5.41, 5.74) is 0.815. The number of imide groups is 1. The quantitative estimate of drug-likeness (QED) is 0.755. The zero-order valence-corrected chi connectivity index (χ0v) is 9.44. The molecule has 2 amide bonds. The highest BCUT2D eigenvalue weighted by molar-refractivity contribution is 5.99. The fourth-order valence-electron chi connectivity index (χ4n) is 1.85. The van der Waals surface area contributed by atoms with E-state index in [1.165, 1.54) is 18.2 Å². The highest BCUT2D eigenvalue weighted by Gasteiger charge is 2.23. The van der Waals surface area contributed by atoms with Gasteiger partial charge in [-0.3, -0.25) is 19.8 Å². The van der Waals surface area contributed by atoms with Crippen LogP contribution < -0.4 is 5.32 Å². The maximum atomic E-state index is 13.1. The minimum Gasteiger partial charge on any atom is -0.294 e. The van der Waals surface area contributed by atoms with Crippen LogP contribution in [-0.4, -0.2) is 29.8 Å². The van der Waals surface area contributed by atoms with Gasteiger partial charge in [-0.15, -0.1) is 0 Å². The zero-order chi connectivity index (χ0) is 13.1. The van der Waals surface area contributed by atoms with Crippen molar-refractivity contribution < 1.29 is 14.0 Å². The predicted molar refractivity (Wildman–Crippen MR) is 59.5 cm³/mol. The molecule has 0 atom stereocenters. The average Bonchev–Trinajstić information content (AvgIpc) is 2.27. The Kier molecular flexibility index (Phi) is 3.35. The van der Waals surface area contributed by atoms with E-state index in [-0.39, 0.29) is 31.4 Å². The largest absolute Gasteiger partial charge is 0.294 e. The van der Waals surface area contributed by atoms with Gasteiger partial charge in [0.1, 0.15) is 5.82 Å². The third kappa shape index (κ3) is 2.70. The van der Waals surface area contributed by atoms with E-state index in [0.717, 1.165) is 0 Å². The Labute approximate surface area is 103 Å². The number of benzene rings is 1.